The zero-order valence-electron chi connectivity index (χ0n) is 17.2. The fraction of sp³-hybridized carbons (Fsp3) is 0.0833. The average molecular weight is 445 g/mol. The smallest absolute Gasteiger partial charge is 0.333 e. The highest BCUT2D eigenvalue weighted by Crippen LogP contribution is 2.24. The van der Waals surface area contributed by atoms with Crippen molar-refractivity contribution in [2.75, 3.05) is 7.11 Å². The Balaban J connectivity index is 1.62. The molecule has 1 amide bonds. The van der Waals surface area contributed by atoms with Crippen molar-refractivity contribution in [1.82, 2.24) is 20.1 Å². The van der Waals surface area contributed by atoms with Crippen molar-refractivity contribution in [2.45, 2.75) is 6.04 Å². The van der Waals surface area contributed by atoms with E-state index in [-0.39, 0.29) is 0 Å². The number of nitrogens with zero attached hydrogens (tertiary/aromatic N) is 3. The molecule has 1 N–H and O–H groups in total. The first-order chi connectivity index (χ1) is 15.7. The summed E-state index contributed by atoms with van der Waals surface area (Å²) in [5.41, 5.74) is 3.15. The number of para-hydroxylation sites is 1. The zero-order valence-corrected chi connectivity index (χ0v) is 18.0. The van der Waals surface area contributed by atoms with Gasteiger partial charge in [0.15, 0.2) is 6.04 Å². The van der Waals surface area contributed by atoms with Gasteiger partial charge in [0.05, 0.1) is 12.8 Å². The van der Waals surface area contributed by atoms with Crippen LogP contribution in [0.3, 0.4) is 0 Å². The molecule has 0 fully saturated rings. The Morgan fingerprint density at radius 3 is 2.66 bits per heavy atom. The third-order valence-electron chi connectivity index (χ3n) is 4.66. The normalized spacial score (nSPS) is 11.9. The minimum Gasteiger partial charge on any atom is -0.467 e. The fourth-order valence-electron chi connectivity index (χ4n) is 3.12. The summed E-state index contributed by atoms with van der Waals surface area (Å²) >= 11 is 1.37. The van der Waals surface area contributed by atoms with Gasteiger partial charge in [0, 0.05) is 40.7 Å². The second-order valence-electron chi connectivity index (χ2n) is 6.77. The minimum atomic E-state index is -0.859. The van der Waals surface area contributed by atoms with E-state index in [2.05, 4.69) is 10.3 Å². The summed E-state index contributed by atoms with van der Waals surface area (Å²) < 4.78 is 6.59. The van der Waals surface area contributed by atoms with E-state index in [4.69, 9.17) is 9.84 Å². The summed E-state index contributed by atoms with van der Waals surface area (Å²) in [5.74, 6) is -0.944. The van der Waals surface area contributed by atoms with Crippen LogP contribution >= 0.6 is 11.3 Å². The van der Waals surface area contributed by atoms with Crippen molar-refractivity contribution in [3.05, 3.63) is 95.1 Å². The molecule has 4 rings (SSSR count). The number of carbonyl (C=O) groups is 2. The van der Waals surface area contributed by atoms with Crippen LogP contribution in [0, 0.1) is 0 Å². The van der Waals surface area contributed by atoms with Crippen LogP contribution in [-0.2, 0) is 14.3 Å². The predicted octanol–water partition coefficient (Wildman–Crippen LogP) is 4.04. The Labute approximate surface area is 189 Å². The first-order valence-corrected chi connectivity index (χ1v) is 10.7. The number of pyridine rings is 1. The first-order valence-electron chi connectivity index (χ1n) is 9.81. The monoisotopic (exact) mass is 444 g/mol. The van der Waals surface area contributed by atoms with Gasteiger partial charge < -0.3 is 10.1 Å². The summed E-state index contributed by atoms with van der Waals surface area (Å²) in [6, 6.07) is 16.2. The molecule has 3 heterocycles. The van der Waals surface area contributed by atoms with Crippen molar-refractivity contribution in [3.8, 4) is 16.9 Å². The summed E-state index contributed by atoms with van der Waals surface area (Å²) in [6.45, 7) is 0. The van der Waals surface area contributed by atoms with E-state index in [1.807, 2.05) is 60.1 Å². The molecule has 3 aromatic heterocycles. The topological polar surface area (TPSA) is 86.1 Å². The van der Waals surface area contributed by atoms with E-state index in [0.29, 0.717) is 10.6 Å². The molecule has 0 radical (unpaired) electrons. The van der Waals surface area contributed by atoms with Gasteiger partial charge in [-0.25, -0.2) is 9.48 Å². The number of methoxy groups -OCH3 is 1. The summed E-state index contributed by atoms with van der Waals surface area (Å²) in [7, 11) is 1.29. The minimum absolute atomic E-state index is 0.418. The summed E-state index contributed by atoms with van der Waals surface area (Å²) in [5, 5.41) is 9.24. The second kappa shape index (κ2) is 9.84. The third kappa shape index (κ3) is 4.81. The van der Waals surface area contributed by atoms with Crippen molar-refractivity contribution < 1.29 is 14.3 Å². The van der Waals surface area contributed by atoms with E-state index in [0.717, 1.165) is 16.8 Å². The Morgan fingerprint density at radius 2 is 1.97 bits per heavy atom. The lowest BCUT2D eigenvalue weighted by Gasteiger charge is -2.13. The molecular weight excluding hydrogens is 424 g/mol. The van der Waals surface area contributed by atoms with Gasteiger partial charge >= 0.3 is 5.97 Å². The Bertz CT molecular complexity index is 1220. The number of aromatic nitrogens is 3. The lowest BCUT2D eigenvalue weighted by atomic mass is 10.1. The van der Waals surface area contributed by atoms with Crippen LogP contribution in [-0.4, -0.2) is 33.8 Å². The molecule has 7 nitrogen and oxygen atoms in total. The van der Waals surface area contributed by atoms with Gasteiger partial charge in [-0.15, -0.1) is 11.3 Å². The summed E-state index contributed by atoms with van der Waals surface area (Å²) in [4.78, 5) is 29.6. The number of esters is 1. The first kappa shape index (κ1) is 21.2. The van der Waals surface area contributed by atoms with Crippen molar-refractivity contribution >= 4 is 29.3 Å². The van der Waals surface area contributed by atoms with Crippen LogP contribution in [0.4, 0.5) is 0 Å². The standard InChI is InChI=1S/C24H20N4O3S/c1-31-24(30)23(20-10-6-14-32-20)26-21(29)12-11-18-16-28(19-8-3-2-4-9-19)27-22(18)17-7-5-13-25-15-17/h2-16,23H,1H3,(H,26,29)/b12-11+. The van der Waals surface area contributed by atoms with Crippen molar-refractivity contribution in [3.63, 3.8) is 0 Å². The van der Waals surface area contributed by atoms with Gasteiger partial charge in [0.1, 0.15) is 5.69 Å². The number of nitrogens with one attached hydrogen (secondary N) is 1. The number of carbonyl (C=O) groups excluding carboxylic acids is 2. The molecule has 1 atom stereocenters. The molecule has 32 heavy (non-hydrogen) atoms. The molecule has 160 valence electrons. The largest absolute Gasteiger partial charge is 0.467 e. The molecule has 0 aliphatic rings. The van der Waals surface area contributed by atoms with Crippen LogP contribution in [0.2, 0.25) is 0 Å². The molecule has 1 unspecified atom stereocenters. The number of hydrogen-bond acceptors (Lipinski definition) is 6. The van der Waals surface area contributed by atoms with Gasteiger partial charge in [-0.2, -0.15) is 5.10 Å². The van der Waals surface area contributed by atoms with Gasteiger partial charge in [-0.05, 0) is 41.8 Å². The molecule has 0 saturated heterocycles. The van der Waals surface area contributed by atoms with Gasteiger partial charge in [0.25, 0.3) is 0 Å². The lowest BCUT2D eigenvalue weighted by molar-refractivity contribution is -0.144. The van der Waals surface area contributed by atoms with E-state index in [9.17, 15) is 9.59 Å². The number of ether oxygens (including phenoxy) is 1. The maximum absolute atomic E-state index is 12.6. The number of benzene rings is 1. The maximum atomic E-state index is 12.6. The van der Waals surface area contributed by atoms with Gasteiger partial charge in [0.2, 0.25) is 5.91 Å². The maximum Gasteiger partial charge on any atom is 0.333 e. The predicted molar refractivity (Wildman–Crippen MR) is 123 cm³/mol. The van der Waals surface area contributed by atoms with Gasteiger partial charge in [-0.3, -0.25) is 9.78 Å². The summed E-state index contributed by atoms with van der Waals surface area (Å²) in [6.07, 6.45) is 8.32. The molecule has 0 aliphatic carbocycles. The van der Waals surface area contributed by atoms with E-state index < -0.39 is 17.9 Å². The van der Waals surface area contributed by atoms with Crippen molar-refractivity contribution in [1.29, 1.82) is 0 Å². The second-order valence-corrected chi connectivity index (χ2v) is 7.75. The number of hydrogen-bond donors (Lipinski definition) is 1. The number of amides is 1. The fourth-order valence-corrected chi connectivity index (χ4v) is 3.89. The third-order valence-corrected chi connectivity index (χ3v) is 5.60. The molecule has 1 aromatic carbocycles. The molecule has 4 aromatic rings. The Hall–Kier alpha value is -4.04. The quantitative estimate of drug-likeness (QED) is 0.343. The Morgan fingerprint density at radius 1 is 1.12 bits per heavy atom. The lowest BCUT2D eigenvalue weighted by Crippen LogP contribution is -2.32. The highest BCUT2D eigenvalue weighted by Gasteiger charge is 2.23. The molecule has 0 spiro atoms. The van der Waals surface area contributed by atoms with E-state index in [1.54, 1.807) is 29.2 Å². The average Bonchev–Trinajstić information content (AvgIpc) is 3.52. The number of rotatable bonds is 7. The molecule has 0 saturated carbocycles. The van der Waals surface area contributed by atoms with Crippen molar-refractivity contribution in [2.24, 2.45) is 0 Å². The highest BCUT2D eigenvalue weighted by molar-refractivity contribution is 7.10. The van der Waals surface area contributed by atoms with Crippen LogP contribution in [0.1, 0.15) is 16.5 Å². The highest BCUT2D eigenvalue weighted by atomic mass is 32.1. The van der Waals surface area contributed by atoms with Crippen LogP contribution in [0.5, 0.6) is 0 Å². The molecular formula is C24H20N4O3S. The number of thiophene rings is 1. The van der Waals surface area contributed by atoms with Crippen LogP contribution < -0.4 is 5.32 Å². The van der Waals surface area contributed by atoms with Crippen LogP contribution in [0.25, 0.3) is 23.0 Å². The molecule has 0 aliphatic heterocycles. The SMILES string of the molecule is COC(=O)C(NC(=O)/C=C/c1cn(-c2ccccc2)nc1-c1cccnc1)c1cccs1. The Kier molecular flexibility index (Phi) is 6.52. The van der Waals surface area contributed by atoms with Crippen LogP contribution in [0.15, 0.2) is 84.6 Å². The zero-order chi connectivity index (χ0) is 22.3. The van der Waals surface area contributed by atoms with E-state index in [1.165, 1.54) is 24.5 Å². The molecule has 8 heteroatoms. The van der Waals surface area contributed by atoms with Gasteiger partial charge in [-0.1, -0.05) is 24.3 Å². The molecule has 0 bridgehead atoms. The van der Waals surface area contributed by atoms with E-state index >= 15 is 0 Å².